The fourth-order valence-corrected chi connectivity index (χ4v) is 2.57. The largest absolute Gasteiger partial charge is 0.448 e. The monoisotopic (exact) mass is 370 g/mol. The van der Waals surface area contributed by atoms with Crippen LogP contribution in [0.1, 0.15) is 5.82 Å². The Kier molecular flexibility index (Phi) is 5.39. The molecule has 1 fully saturated rings. The number of nitrogens with one attached hydrogen (secondary N) is 2. The highest BCUT2D eigenvalue weighted by Gasteiger charge is 2.24. The van der Waals surface area contributed by atoms with Crippen molar-refractivity contribution in [3.63, 3.8) is 0 Å². The highest BCUT2D eigenvalue weighted by molar-refractivity contribution is 5.94. The summed E-state index contributed by atoms with van der Waals surface area (Å²) in [5.41, 5.74) is 1.48. The number of cyclic esters (lactones) is 1. The van der Waals surface area contributed by atoms with Crippen LogP contribution in [-0.4, -0.2) is 60.7 Å². The number of carbonyl (C=O) groups excluding carboxylic acids is 2. The van der Waals surface area contributed by atoms with E-state index in [0.29, 0.717) is 30.5 Å². The summed E-state index contributed by atoms with van der Waals surface area (Å²) in [6.07, 6.45) is -0.457. The van der Waals surface area contributed by atoms with Gasteiger partial charge in [0.2, 0.25) is 5.91 Å². The molecule has 0 unspecified atom stereocenters. The molecule has 3 rings (SSSR count). The molecule has 9 nitrogen and oxygen atoms in total. The summed E-state index contributed by atoms with van der Waals surface area (Å²) < 4.78 is 4.81. The van der Waals surface area contributed by atoms with Gasteiger partial charge in [-0.25, -0.2) is 14.8 Å². The molecular formula is C18H22N6O3. The first-order chi connectivity index (χ1) is 12.9. The molecule has 1 saturated heterocycles. The maximum Gasteiger partial charge on any atom is 0.410 e. The van der Waals surface area contributed by atoms with Crippen LogP contribution in [0, 0.1) is 6.92 Å². The van der Waals surface area contributed by atoms with Crippen LogP contribution in [0.5, 0.6) is 0 Å². The lowest BCUT2D eigenvalue weighted by molar-refractivity contribution is -0.116. The number of anilines is 4. The van der Waals surface area contributed by atoms with Crippen LogP contribution in [0.15, 0.2) is 30.3 Å². The fraction of sp³-hybridized carbons (Fsp3) is 0.333. The highest BCUT2D eigenvalue weighted by atomic mass is 16.6. The van der Waals surface area contributed by atoms with E-state index in [2.05, 4.69) is 20.6 Å². The fourth-order valence-electron chi connectivity index (χ4n) is 2.57. The molecule has 0 saturated carbocycles. The second kappa shape index (κ2) is 7.90. The van der Waals surface area contributed by atoms with Crippen LogP contribution in [0.4, 0.5) is 27.8 Å². The molecule has 0 aliphatic carbocycles. The zero-order valence-corrected chi connectivity index (χ0v) is 15.5. The summed E-state index contributed by atoms with van der Waals surface area (Å²) in [5.74, 6) is 1.91. The summed E-state index contributed by atoms with van der Waals surface area (Å²) in [6, 6.07) is 9.10. The van der Waals surface area contributed by atoms with Gasteiger partial charge >= 0.3 is 6.09 Å². The SMILES string of the molecule is Cc1nc(Nc2ccc(NC(=O)CN3CCOC3=O)cc2)cc(N(C)C)n1. The van der Waals surface area contributed by atoms with E-state index >= 15 is 0 Å². The lowest BCUT2D eigenvalue weighted by Gasteiger charge is -2.14. The number of aromatic nitrogens is 2. The van der Waals surface area contributed by atoms with Crippen molar-refractivity contribution >= 4 is 35.0 Å². The van der Waals surface area contributed by atoms with Crippen molar-refractivity contribution in [2.75, 3.05) is 49.3 Å². The highest BCUT2D eigenvalue weighted by Crippen LogP contribution is 2.20. The molecule has 142 valence electrons. The molecule has 0 atom stereocenters. The molecule has 2 heterocycles. The Morgan fingerprint density at radius 3 is 2.56 bits per heavy atom. The zero-order chi connectivity index (χ0) is 19.4. The molecule has 0 bridgehead atoms. The molecule has 1 aliphatic rings. The van der Waals surface area contributed by atoms with Gasteiger partial charge in [-0.05, 0) is 31.2 Å². The number of amides is 2. The molecule has 9 heteroatoms. The molecule has 2 aromatic rings. The number of benzene rings is 1. The van der Waals surface area contributed by atoms with Crippen LogP contribution in [0.2, 0.25) is 0 Å². The number of hydrogen-bond donors (Lipinski definition) is 2. The van der Waals surface area contributed by atoms with Crippen molar-refractivity contribution in [3.8, 4) is 0 Å². The third-order valence-electron chi connectivity index (χ3n) is 3.90. The number of aryl methyl sites for hydroxylation is 1. The van der Waals surface area contributed by atoms with Crippen LogP contribution in [0.25, 0.3) is 0 Å². The molecule has 0 radical (unpaired) electrons. The van der Waals surface area contributed by atoms with E-state index in [4.69, 9.17) is 4.74 Å². The Bertz CT molecular complexity index is 837. The topological polar surface area (TPSA) is 99.7 Å². The minimum atomic E-state index is -0.457. The average molecular weight is 370 g/mol. The van der Waals surface area contributed by atoms with Crippen LogP contribution in [-0.2, 0) is 9.53 Å². The van der Waals surface area contributed by atoms with Gasteiger partial charge in [-0.2, -0.15) is 0 Å². The number of carbonyl (C=O) groups is 2. The van der Waals surface area contributed by atoms with Gasteiger partial charge in [0.25, 0.3) is 0 Å². The lowest BCUT2D eigenvalue weighted by Crippen LogP contribution is -2.33. The predicted octanol–water partition coefficient (Wildman–Crippen LogP) is 1.99. The number of rotatable bonds is 6. The van der Waals surface area contributed by atoms with Gasteiger partial charge in [0.15, 0.2) is 0 Å². The van der Waals surface area contributed by atoms with Crippen molar-refractivity contribution in [3.05, 3.63) is 36.2 Å². The van der Waals surface area contributed by atoms with E-state index in [0.717, 1.165) is 11.5 Å². The van der Waals surface area contributed by atoms with Crippen molar-refractivity contribution in [2.24, 2.45) is 0 Å². The molecule has 2 N–H and O–H groups in total. The van der Waals surface area contributed by atoms with Gasteiger partial charge in [-0.1, -0.05) is 0 Å². The van der Waals surface area contributed by atoms with Gasteiger partial charge in [0.1, 0.15) is 30.6 Å². The molecule has 2 amide bonds. The normalized spacial score (nSPS) is 13.3. The van der Waals surface area contributed by atoms with E-state index in [-0.39, 0.29) is 12.5 Å². The Labute approximate surface area is 157 Å². The first-order valence-electron chi connectivity index (χ1n) is 8.52. The van der Waals surface area contributed by atoms with Gasteiger partial charge in [-0.15, -0.1) is 0 Å². The minimum absolute atomic E-state index is 0.0215. The van der Waals surface area contributed by atoms with E-state index in [1.165, 1.54) is 4.90 Å². The van der Waals surface area contributed by atoms with Gasteiger partial charge in [0, 0.05) is 31.5 Å². The Hall–Kier alpha value is -3.36. The zero-order valence-electron chi connectivity index (χ0n) is 15.5. The van der Waals surface area contributed by atoms with E-state index in [9.17, 15) is 9.59 Å². The standard InChI is InChI=1S/C18H22N6O3/c1-12-19-15(10-16(20-12)23(2)3)21-13-4-6-14(7-5-13)22-17(25)11-24-8-9-27-18(24)26/h4-7,10H,8-9,11H2,1-3H3,(H,22,25)(H,19,20,21). The molecule has 1 aromatic carbocycles. The molecule has 1 aliphatic heterocycles. The summed E-state index contributed by atoms with van der Waals surface area (Å²) in [6.45, 7) is 2.58. The van der Waals surface area contributed by atoms with Gasteiger partial charge < -0.3 is 20.3 Å². The first kappa shape index (κ1) is 18.4. The van der Waals surface area contributed by atoms with Crippen molar-refractivity contribution in [1.29, 1.82) is 0 Å². The maximum atomic E-state index is 12.0. The van der Waals surface area contributed by atoms with Gasteiger partial charge in [-0.3, -0.25) is 9.69 Å². The smallest absolute Gasteiger partial charge is 0.410 e. The Balaban J connectivity index is 1.60. The third-order valence-corrected chi connectivity index (χ3v) is 3.90. The number of hydrogen-bond acceptors (Lipinski definition) is 7. The molecule has 0 spiro atoms. The maximum absolute atomic E-state index is 12.0. The summed E-state index contributed by atoms with van der Waals surface area (Å²) in [7, 11) is 3.84. The van der Waals surface area contributed by atoms with E-state index < -0.39 is 6.09 Å². The summed E-state index contributed by atoms with van der Waals surface area (Å²) in [5, 5.41) is 5.99. The number of nitrogens with zero attached hydrogens (tertiary/aromatic N) is 4. The van der Waals surface area contributed by atoms with E-state index in [1.807, 2.05) is 44.1 Å². The van der Waals surface area contributed by atoms with Crippen molar-refractivity contribution < 1.29 is 14.3 Å². The lowest BCUT2D eigenvalue weighted by atomic mass is 10.2. The Morgan fingerprint density at radius 1 is 1.22 bits per heavy atom. The quantitative estimate of drug-likeness (QED) is 0.802. The van der Waals surface area contributed by atoms with Crippen molar-refractivity contribution in [2.45, 2.75) is 6.92 Å². The Morgan fingerprint density at radius 2 is 1.93 bits per heavy atom. The van der Waals surface area contributed by atoms with Gasteiger partial charge in [0.05, 0.1) is 6.54 Å². The summed E-state index contributed by atoms with van der Waals surface area (Å²) in [4.78, 5) is 35.4. The minimum Gasteiger partial charge on any atom is -0.448 e. The predicted molar refractivity (Wildman–Crippen MR) is 102 cm³/mol. The van der Waals surface area contributed by atoms with E-state index in [1.54, 1.807) is 12.1 Å². The molecular weight excluding hydrogens is 348 g/mol. The van der Waals surface area contributed by atoms with Crippen LogP contribution < -0.4 is 15.5 Å². The van der Waals surface area contributed by atoms with Crippen LogP contribution >= 0.6 is 0 Å². The second-order valence-electron chi connectivity index (χ2n) is 6.34. The average Bonchev–Trinajstić information content (AvgIpc) is 3.01. The second-order valence-corrected chi connectivity index (χ2v) is 6.34. The first-order valence-corrected chi connectivity index (χ1v) is 8.52. The third kappa shape index (κ3) is 4.84. The van der Waals surface area contributed by atoms with Crippen LogP contribution in [0.3, 0.4) is 0 Å². The number of ether oxygens (including phenoxy) is 1. The van der Waals surface area contributed by atoms with Crippen molar-refractivity contribution in [1.82, 2.24) is 14.9 Å². The molecule has 27 heavy (non-hydrogen) atoms. The summed E-state index contributed by atoms with van der Waals surface area (Å²) >= 11 is 0. The molecule has 1 aromatic heterocycles.